The number of aryl methyl sites for hydroxylation is 4. The molecule has 0 N–H and O–H groups in total. The third kappa shape index (κ3) is 3.92. The van der Waals surface area contributed by atoms with Crippen LogP contribution in [0.1, 0.15) is 25.5 Å². The molecule has 0 radical (unpaired) electrons. The Morgan fingerprint density at radius 3 is 1.43 bits per heavy atom. The van der Waals surface area contributed by atoms with Gasteiger partial charge in [0.15, 0.2) is 0 Å². The molecule has 4 aromatic heterocycles. The molecule has 30 heavy (non-hydrogen) atoms. The average molecular weight is 592 g/mol. The van der Waals surface area contributed by atoms with Crippen LogP contribution < -0.4 is 9.47 Å². The second-order valence-electron chi connectivity index (χ2n) is 7.50. The van der Waals surface area contributed by atoms with Gasteiger partial charge >= 0.3 is 12.0 Å². The number of rotatable bonds is 6. The molecule has 4 aromatic rings. The van der Waals surface area contributed by atoms with Crippen LogP contribution in [0.25, 0.3) is 0 Å². The first kappa shape index (κ1) is 21.8. The number of imidazole rings is 4. The Morgan fingerprint density at radius 2 is 1.10 bits per heavy atom. The summed E-state index contributed by atoms with van der Waals surface area (Å²) in [6.45, 7) is 4.12. The Morgan fingerprint density at radius 1 is 0.700 bits per heavy atom. The molecule has 0 saturated carbocycles. The smallest absolute Gasteiger partial charge is 0.302 e. The van der Waals surface area contributed by atoms with Gasteiger partial charge in [-0.15, -0.1) is 0 Å². The van der Waals surface area contributed by atoms with Crippen molar-refractivity contribution < 1.29 is 30.5 Å². The van der Waals surface area contributed by atoms with Crippen molar-refractivity contribution in [3.8, 4) is 23.8 Å². The molecule has 0 aliphatic rings. The standard InChI is InChI=1S/C19H24N8O2.Pt/c1-19(2,15-22-13(11-26(15)5)28-17-20-7-9-24(17)3)16-23-14(12-27(16)6)29-18-21-8-10-25(18)4;/h7-12H,1-6H3;. The van der Waals surface area contributed by atoms with Gasteiger partial charge in [-0.05, 0) is 13.8 Å². The van der Waals surface area contributed by atoms with Crippen LogP contribution in [0.2, 0.25) is 0 Å². The number of nitrogens with zero attached hydrogens (tertiary/aromatic N) is 8. The molecule has 162 valence electrons. The third-order valence-corrected chi connectivity index (χ3v) is 4.77. The summed E-state index contributed by atoms with van der Waals surface area (Å²) in [6.07, 6.45) is 10.7. The second-order valence-corrected chi connectivity index (χ2v) is 7.50. The van der Waals surface area contributed by atoms with Gasteiger partial charge in [-0.2, -0.15) is 9.97 Å². The van der Waals surface area contributed by atoms with Crippen LogP contribution in [0.4, 0.5) is 0 Å². The van der Waals surface area contributed by atoms with Crippen molar-refractivity contribution in [2.45, 2.75) is 19.3 Å². The molecular formula is C19H24N8O2Pt. The number of ether oxygens (including phenoxy) is 2. The molecule has 0 fully saturated rings. The summed E-state index contributed by atoms with van der Waals surface area (Å²) < 4.78 is 19.1. The van der Waals surface area contributed by atoms with Crippen molar-refractivity contribution in [1.82, 2.24) is 38.2 Å². The van der Waals surface area contributed by atoms with Gasteiger partial charge in [-0.3, -0.25) is 0 Å². The summed E-state index contributed by atoms with van der Waals surface area (Å²) in [6, 6.07) is 0.963. The van der Waals surface area contributed by atoms with E-state index in [9.17, 15) is 0 Å². The van der Waals surface area contributed by atoms with Crippen LogP contribution in [-0.2, 0) is 54.7 Å². The third-order valence-electron chi connectivity index (χ3n) is 4.77. The first-order valence-corrected chi connectivity index (χ1v) is 9.13. The molecule has 0 bridgehead atoms. The van der Waals surface area contributed by atoms with Crippen LogP contribution in [0.5, 0.6) is 23.8 Å². The zero-order valence-electron chi connectivity index (χ0n) is 17.7. The van der Waals surface area contributed by atoms with Gasteiger partial charge in [0.1, 0.15) is 11.6 Å². The number of aromatic nitrogens is 8. The number of hydrogen-bond acceptors (Lipinski definition) is 6. The van der Waals surface area contributed by atoms with Crippen molar-refractivity contribution in [3.05, 3.63) is 48.8 Å². The fourth-order valence-corrected chi connectivity index (χ4v) is 3.33. The molecule has 10 nitrogen and oxygen atoms in total. The molecule has 0 aliphatic carbocycles. The fraction of sp³-hybridized carbons (Fsp3) is 0.368. The monoisotopic (exact) mass is 591 g/mol. The molecule has 0 saturated heterocycles. The second kappa shape index (κ2) is 8.10. The van der Waals surface area contributed by atoms with Gasteiger partial charge < -0.3 is 27.7 Å². The van der Waals surface area contributed by atoms with E-state index in [0.717, 1.165) is 11.6 Å². The maximum absolute atomic E-state index is 5.82. The Hall–Kier alpha value is -2.87. The van der Waals surface area contributed by atoms with Crippen LogP contribution >= 0.6 is 0 Å². The number of hydrogen-bond donors (Lipinski definition) is 0. The van der Waals surface area contributed by atoms with E-state index in [1.165, 1.54) is 0 Å². The van der Waals surface area contributed by atoms with Gasteiger partial charge in [0.2, 0.25) is 11.8 Å². The van der Waals surface area contributed by atoms with E-state index in [-0.39, 0.29) is 21.1 Å². The van der Waals surface area contributed by atoms with Gasteiger partial charge in [0, 0.05) is 74.0 Å². The Labute approximate surface area is 188 Å². The van der Waals surface area contributed by atoms with Gasteiger partial charge in [-0.1, -0.05) is 0 Å². The molecule has 0 amide bonds. The van der Waals surface area contributed by atoms with Crippen LogP contribution in [0.3, 0.4) is 0 Å². The molecule has 0 unspecified atom stereocenters. The normalized spacial score (nSPS) is 11.4. The van der Waals surface area contributed by atoms with Crippen molar-refractivity contribution in [2.24, 2.45) is 28.2 Å². The van der Waals surface area contributed by atoms with E-state index < -0.39 is 5.41 Å². The summed E-state index contributed by atoms with van der Waals surface area (Å²) in [5, 5.41) is 0. The predicted octanol–water partition coefficient (Wildman–Crippen LogP) is 2.53. The fourth-order valence-electron chi connectivity index (χ4n) is 3.33. The minimum absolute atomic E-state index is 0. The molecule has 0 spiro atoms. The summed E-state index contributed by atoms with van der Waals surface area (Å²) in [5.41, 5.74) is -0.504. The zero-order valence-corrected chi connectivity index (χ0v) is 19.9. The quantitative estimate of drug-likeness (QED) is 0.343. The molecule has 0 aromatic carbocycles. The van der Waals surface area contributed by atoms with Gasteiger partial charge in [0.05, 0.1) is 17.8 Å². The summed E-state index contributed by atoms with van der Waals surface area (Å²) in [7, 11) is 7.60. The average Bonchev–Trinajstić information content (AvgIpc) is 3.41. The Bertz CT molecular complexity index is 1060. The van der Waals surface area contributed by atoms with Crippen molar-refractivity contribution in [2.75, 3.05) is 0 Å². The molecule has 11 heteroatoms. The molecule has 0 atom stereocenters. The first-order valence-electron chi connectivity index (χ1n) is 9.13. The van der Waals surface area contributed by atoms with E-state index in [1.807, 2.05) is 62.1 Å². The van der Waals surface area contributed by atoms with E-state index >= 15 is 0 Å². The van der Waals surface area contributed by atoms with Crippen LogP contribution in [-0.4, -0.2) is 38.2 Å². The predicted molar refractivity (Wildman–Crippen MR) is 105 cm³/mol. The first-order chi connectivity index (χ1) is 13.8. The van der Waals surface area contributed by atoms with Gasteiger partial charge in [0.25, 0.3) is 0 Å². The Balaban J connectivity index is 0.00000256. The Kier molecular flexibility index (Phi) is 5.89. The maximum Gasteiger partial charge on any atom is 0.302 e. The minimum atomic E-state index is -0.504. The van der Waals surface area contributed by atoms with Crippen LogP contribution in [0, 0.1) is 0 Å². The summed E-state index contributed by atoms with van der Waals surface area (Å²) >= 11 is 0. The van der Waals surface area contributed by atoms with E-state index in [4.69, 9.17) is 19.4 Å². The molecule has 4 rings (SSSR count). The van der Waals surface area contributed by atoms with Gasteiger partial charge in [-0.25, -0.2) is 9.97 Å². The maximum atomic E-state index is 5.82. The van der Waals surface area contributed by atoms with Crippen LogP contribution in [0.15, 0.2) is 37.2 Å². The SMILES string of the molecule is Cn1ccnc1Oc1cn(C)c(C(C)(C)c2nc(Oc3nccn3C)cn2C)n1.[Pt]. The minimum Gasteiger partial charge on any atom is -0.405 e. The zero-order chi connectivity index (χ0) is 20.8. The molecule has 4 heterocycles. The largest absolute Gasteiger partial charge is 0.405 e. The van der Waals surface area contributed by atoms with E-state index in [0.29, 0.717) is 23.8 Å². The molecular weight excluding hydrogens is 567 g/mol. The van der Waals surface area contributed by atoms with E-state index in [1.54, 1.807) is 21.5 Å². The molecule has 0 aliphatic heterocycles. The van der Waals surface area contributed by atoms with Crippen molar-refractivity contribution in [3.63, 3.8) is 0 Å². The van der Waals surface area contributed by atoms with Crippen molar-refractivity contribution in [1.29, 1.82) is 0 Å². The summed E-state index contributed by atoms with van der Waals surface area (Å²) in [4.78, 5) is 17.7. The summed E-state index contributed by atoms with van der Waals surface area (Å²) in [5.74, 6) is 2.56. The van der Waals surface area contributed by atoms with E-state index in [2.05, 4.69) is 23.8 Å². The van der Waals surface area contributed by atoms with Crippen molar-refractivity contribution >= 4 is 0 Å². The topological polar surface area (TPSA) is 89.7 Å².